The summed E-state index contributed by atoms with van der Waals surface area (Å²) in [6.07, 6.45) is 1.62. The van der Waals surface area contributed by atoms with Crippen molar-refractivity contribution in [1.82, 2.24) is 10.3 Å². The van der Waals surface area contributed by atoms with Crippen LogP contribution in [0.1, 0.15) is 12.8 Å². The zero-order chi connectivity index (χ0) is 14.3. The fourth-order valence-corrected chi connectivity index (χ4v) is 1.70. The van der Waals surface area contributed by atoms with E-state index in [4.69, 9.17) is 9.83 Å². The number of carbonyl (C=O) groups excluding carboxylic acids is 1. The molecule has 1 aromatic carbocycles. The van der Waals surface area contributed by atoms with E-state index in [0.717, 1.165) is 18.9 Å². The average Bonchev–Trinajstić information content (AvgIpc) is 3.16. The molecule has 0 unspecified atom stereocenters. The highest BCUT2D eigenvalue weighted by Crippen LogP contribution is 2.28. The van der Waals surface area contributed by atoms with Gasteiger partial charge in [0, 0.05) is 5.92 Å². The van der Waals surface area contributed by atoms with Gasteiger partial charge in [-0.2, -0.15) is 9.37 Å². The van der Waals surface area contributed by atoms with E-state index in [9.17, 15) is 13.6 Å². The molecular formula is C12H10F2N4O2. The van der Waals surface area contributed by atoms with Crippen LogP contribution in [0.4, 0.5) is 14.8 Å². The number of hydrogen-bond acceptors (Lipinski definition) is 4. The van der Waals surface area contributed by atoms with Crippen LogP contribution in [-0.2, 0) is 4.79 Å². The molecule has 0 radical (unpaired) electrons. The Kier molecular flexibility index (Phi) is 2.85. The van der Waals surface area contributed by atoms with Crippen molar-refractivity contribution in [1.29, 1.82) is 5.41 Å². The molecule has 20 heavy (non-hydrogen) atoms. The molecule has 104 valence electrons. The molecule has 1 amide bonds. The molecular weight excluding hydrogens is 270 g/mol. The zero-order valence-electron chi connectivity index (χ0n) is 10.2. The molecule has 3 rings (SSSR count). The van der Waals surface area contributed by atoms with E-state index in [1.165, 1.54) is 6.07 Å². The number of carbonyl (C=O) groups is 1. The van der Waals surface area contributed by atoms with E-state index in [2.05, 4.69) is 15.6 Å². The Labute approximate surface area is 111 Å². The molecule has 1 saturated carbocycles. The fourth-order valence-electron chi connectivity index (χ4n) is 1.70. The Balaban J connectivity index is 1.75. The van der Waals surface area contributed by atoms with Crippen LogP contribution in [0.5, 0.6) is 0 Å². The number of hydrogen-bond donors (Lipinski definition) is 3. The van der Waals surface area contributed by atoms with Crippen molar-refractivity contribution < 1.29 is 18.0 Å². The second-order valence-electron chi connectivity index (χ2n) is 4.49. The third-order valence-electron chi connectivity index (χ3n) is 2.88. The molecule has 8 heteroatoms. The van der Waals surface area contributed by atoms with E-state index in [1.807, 2.05) is 0 Å². The molecule has 0 saturated heterocycles. The Bertz CT molecular complexity index is 709. The summed E-state index contributed by atoms with van der Waals surface area (Å²) in [5.41, 5.74) is -0.221. The van der Waals surface area contributed by atoms with Crippen LogP contribution in [0.25, 0.3) is 11.1 Å². The van der Waals surface area contributed by atoms with E-state index in [-0.39, 0.29) is 34.9 Å². The molecule has 1 aliphatic rings. The summed E-state index contributed by atoms with van der Waals surface area (Å²) in [6, 6.07) is 2.00. The molecule has 3 N–H and O–H groups in total. The van der Waals surface area contributed by atoms with Gasteiger partial charge in [0.1, 0.15) is 5.52 Å². The number of oxazole rings is 1. The number of nitrogens with one attached hydrogen (secondary N) is 3. The lowest BCUT2D eigenvalue weighted by Gasteiger charge is -2.04. The second kappa shape index (κ2) is 4.55. The van der Waals surface area contributed by atoms with Gasteiger partial charge >= 0.3 is 6.01 Å². The molecule has 0 aliphatic heterocycles. The minimum Gasteiger partial charge on any atom is -0.420 e. The topological polar surface area (TPSA) is 91.0 Å². The number of halogens is 2. The summed E-state index contributed by atoms with van der Waals surface area (Å²) in [4.78, 5) is 15.3. The molecule has 1 aromatic heterocycles. The first kappa shape index (κ1) is 12.5. The van der Waals surface area contributed by atoms with E-state index < -0.39 is 11.6 Å². The highest BCUT2D eigenvalue weighted by molar-refractivity contribution is 6.03. The van der Waals surface area contributed by atoms with Crippen molar-refractivity contribution in [2.75, 3.05) is 5.32 Å². The number of amides is 1. The number of nitrogens with zero attached hydrogens (tertiary/aromatic N) is 1. The number of anilines is 1. The first-order chi connectivity index (χ1) is 9.54. The van der Waals surface area contributed by atoms with E-state index in [1.54, 1.807) is 0 Å². The third-order valence-corrected chi connectivity index (χ3v) is 2.88. The van der Waals surface area contributed by atoms with Gasteiger partial charge < -0.3 is 4.42 Å². The van der Waals surface area contributed by atoms with Crippen LogP contribution in [-0.4, -0.2) is 16.9 Å². The minimum atomic E-state index is -1.14. The third kappa shape index (κ3) is 2.31. The largest absolute Gasteiger partial charge is 0.420 e. The molecule has 6 nitrogen and oxygen atoms in total. The Morgan fingerprint density at radius 3 is 2.85 bits per heavy atom. The first-order valence-corrected chi connectivity index (χ1v) is 5.95. The SMILES string of the molecule is N=C(NC(=O)C1CC1)Nc1nc2ccc(F)c(F)c2o1. The van der Waals surface area contributed by atoms with Gasteiger partial charge in [0.15, 0.2) is 11.4 Å². The normalized spacial score (nSPS) is 14.3. The number of aromatic nitrogens is 1. The summed E-state index contributed by atoms with van der Waals surface area (Å²) >= 11 is 0. The molecule has 0 spiro atoms. The van der Waals surface area contributed by atoms with Gasteiger partial charge in [0.2, 0.25) is 17.7 Å². The van der Waals surface area contributed by atoms with Crippen LogP contribution in [0.2, 0.25) is 0 Å². The van der Waals surface area contributed by atoms with Crippen LogP contribution in [0, 0.1) is 23.0 Å². The maximum Gasteiger partial charge on any atom is 0.302 e. The van der Waals surface area contributed by atoms with Gasteiger partial charge in [-0.15, -0.1) is 0 Å². The number of benzene rings is 1. The summed E-state index contributed by atoms with van der Waals surface area (Å²) < 4.78 is 31.4. The average molecular weight is 280 g/mol. The van der Waals surface area contributed by atoms with E-state index >= 15 is 0 Å². The molecule has 1 fully saturated rings. The summed E-state index contributed by atoms with van der Waals surface area (Å²) in [5.74, 6) is -2.81. The van der Waals surface area contributed by atoms with Crippen molar-refractivity contribution in [3.63, 3.8) is 0 Å². The summed E-state index contributed by atoms with van der Waals surface area (Å²) in [7, 11) is 0. The number of rotatable bonds is 2. The number of fused-ring (bicyclic) bond motifs is 1. The minimum absolute atomic E-state index is 0.0488. The Morgan fingerprint density at radius 1 is 1.40 bits per heavy atom. The maximum absolute atomic E-state index is 13.4. The monoisotopic (exact) mass is 280 g/mol. The molecule has 1 heterocycles. The lowest BCUT2D eigenvalue weighted by molar-refractivity contribution is -0.120. The van der Waals surface area contributed by atoms with Crippen molar-refractivity contribution in [3.05, 3.63) is 23.8 Å². The summed E-state index contributed by atoms with van der Waals surface area (Å²) in [5, 5.41) is 12.2. The van der Waals surface area contributed by atoms with Gasteiger partial charge in [-0.3, -0.25) is 20.8 Å². The predicted molar refractivity (Wildman–Crippen MR) is 66.1 cm³/mol. The van der Waals surface area contributed by atoms with Crippen LogP contribution in [0.15, 0.2) is 16.5 Å². The van der Waals surface area contributed by atoms with Crippen LogP contribution in [0.3, 0.4) is 0 Å². The van der Waals surface area contributed by atoms with Gasteiger partial charge in [-0.1, -0.05) is 0 Å². The zero-order valence-corrected chi connectivity index (χ0v) is 10.2. The quantitative estimate of drug-likeness (QED) is 0.579. The lowest BCUT2D eigenvalue weighted by atomic mass is 10.3. The van der Waals surface area contributed by atoms with Gasteiger partial charge in [0.05, 0.1) is 0 Å². The standard InChI is InChI=1S/C12H10F2N4O2/c13-6-3-4-7-9(8(6)14)20-12(16-7)18-11(15)17-10(19)5-1-2-5/h3-5H,1-2H2,(H3,15,16,17,18,19). The lowest BCUT2D eigenvalue weighted by Crippen LogP contribution is -2.36. The van der Waals surface area contributed by atoms with Crippen molar-refractivity contribution >= 4 is 29.0 Å². The maximum atomic E-state index is 13.4. The van der Waals surface area contributed by atoms with Crippen molar-refractivity contribution in [3.8, 4) is 0 Å². The highest BCUT2D eigenvalue weighted by atomic mass is 19.2. The molecule has 1 aliphatic carbocycles. The van der Waals surface area contributed by atoms with Crippen molar-refractivity contribution in [2.24, 2.45) is 5.92 Å². The first-order valence-electron chi connectivity index (χ1n) is 5.95. The van der Waals surface area contributed by atoms with Crippen LogP contribution >= 0.6 is 0 Å². The predicted octanol–water partition coefficient (Wildman–Crippen LogP) is 1.98. The Morgan fingerprint density at radius 2 is 2.15 bits per heavy atom. The highest BCUT2D eigenvalue weighted by Gasteiger charge is 2.30. The second-order valence-corrected chi connectivity index (χ2v) is 4.49. The fraction of sp³-hybridized carbons (Fsp3) is 0.250. The van der Waals surface area contributed by atoms with E-state index in [0.29, 0.717) is 0 Å². The molecule has 0 atom stereocenters. The van der Waals surface area contributed by atoms with Gasteiger partial charge in [0.25, 0.3) is 0 Å². The Hall–Kier alpha value is -2.51. The smallest absolute Gasteiger partial charge is 0.302 e. The molecule has 2 aromatic rings. The number of guanidine groups is 1. The molecule has 0 bridgehead atoms. The summed E-state index contributed by atoms with van der Waals surface area (Å²) in [6.45, 7) is 0. The van der Waals surface area contributed by atoms with Gasteiger partial charge in [-0.25, -0.2) is 4.39 Å². The van der Waals surface area contributed by atoms with Crippen molar-refractivity contribution in [2.45, 2.75) is 12.8 Å². The van der Waals surface area contributed by atoms with Gasteiger partial charge in [-0.05, 0) is 25.0 Å². The van der Waals surface area contributed by atoms with Crippen LogP contribution < -0.4 is 10.6 Å².